The lowest BCUT2D eigenvalue weighted by atomic mass is 10.1. The summed E-state index contributed by atoms with van der Waals surface area (Å²) in [5.74, 6) is -1.07. The number of carboxylic acid groups (broad SMARTS) is 1. The van der Waals surface area contributed by atoms with Crippen molar-refractivity contribution in [3.05, 3.63) is 40.4 Å². The molecule has 2 rings (SSSR count). The van der Waals surface area contributed by atoms with Crippen molar-refractivity contribution in [2.24, 2.45) is 0 Å². The molecule has 1 unspecified atom stereocenters. The zero-order chi connectivity index (χ0) is 15.4. The molecule has 2 N–H and O–H groups in total. The summed E-state index contributed by atoms with van der Waals surface area (Å²) < 4.78 is 0. The van der Waals surface area contributed by atoms with Crippen LogP contribution in [0.25, 0.3) is 10.9 Å². The second-order valence-electron chi connectivity index (χ2n) is 4.63. The van der Waals surface area contributed by atoms with E-state index in [0.717, 1.165) is 0 Å². The Bertz CT molecular complexity index is 687. The fourth-order valence-corrected chi connectivity index (χ4v) is 2.06. The van der Waals surface area contributed by atoms with Crippen LogP contribution in [0.15, 0.2) is 30.3 Å². The van der Waals surface area contributed by atoms with Gasteiger partial charge < -0.3 is 10.4 Å². The van der Waals surface area contributed by atoms with Crippen molar-refractivity contribution in [2.45, 2.75) is 25.8 Å². The second-order valence-corrected chi connectivity index (χ2v) is 4.63. The monoisotopic (exact) mass is 289 g/mol. The van der Waals surface area contributed by atoms with E-state index >= 15 is 0 Å². The van der Waals surface area contributed by atoms with E-state index in [2.05, 4.69) is 10.3 Å². The third-order valence-electron chi connectivity index (χ3n) is 3.09. The first-order valence-electron chi connectivity index (χ1n) is 6.56. The number of anilines is 1. The Morgan fingerprint density at radius 1 is 1.48 bits per heavy atom. The first-order chi connectivity index (χ1) is 10.0. The standard InChI is InChI=1S/C14H15N3O4/c1-2-5-11(14(18)19)16-13-12(17(20)21)8-9-6-3-4-7-10(9)15-13/h3-4,6-8,11H,2,5H2,1H3,(H,15,16)(H,18,19). The molecule has 7 nitrogen and oxygen atoms in total. The van der Waals surface area contributed by atoms with E-state index < -0.39 is 16.9 Å². The van der Waals surface area contributed by atoms with Gasteiger partial charge in [-0.1, -0.05) is 31.5 Å². The highest BCUT2D eigenvalue weighted by molar-refractivity contribution is 5.86. The molecule has 1 heterocycles. The van der Waals surface area contributed by atoms with Gasteiger partial charge in [0, 0.05) is 11.5 Å². The van der Waals surface area contributed by atoms with Gasteiger partial charge in [0.2, 0.25) is 5.82 Å². The van der Waals surface area contributed by atoms with Crippen LogP contribution >= 0.6 is 0 Å². The van der Waals surface area contributed by atoms with Crippen molar-refractivity contribution < 1.29 is 14.8 Å². The summed E-state index contributed by atoms with van der Waals surface area (Å²) in [6.07, 6.45) is 1.01. The minimum Gasteiger partial charge on any atom is -0.480 e. The number of hydrogen-bond donors (Lipinski definition) is 2. The molecule has 0 radical (unpaired) electrons. The number of benzene rings is 1. The second kappa shape index (κ2) is 6.17. The Morgan fingerprint density at radius 2 is 2.19 bits per heavy atom. The maximum absolute atomic E-state index is 11.2. The van der Waals surface area contributed by atoms with Crippen LogP contribution in [0.2, 0.25) is 0 Å². The molecular formula is C14H15N3O4. The van der Waals surface area contributed by atoms with Crippen molar-refractivity contribution in [3.8, 4) is 0 Å². The summed E-state index contributed by atoms with van der Waals surface area (Å²) >= 11 is 0. The molecule has 0 aliphatic carbocycles. The molecule has 1 aromatic carbocycles. The van der Waals surface area contributed by atoms with Crippen LogP contribution in [0.1, 0.15) is 19.8 Å². The van der Waals surface area contributed by atoms with Gasteiger partial charge >= 0.3 is 11.7 Å². The van der Waals surface area contributed by atoms with Gasteiger partial charge in [0.25, 0.3) is 0 Å². The maximum atomic E-state index is 11.2. The largest absolute Gasteiger partial charge is 0.480 e. The predicted octanol–water partition coefficient (Wildman–Crippen LogP) is 2.81. The van der Waals surface area contributed by atoms with Crippen LogP contribution < -0.4 is 5.32 Å². The lowest BCUT2D eigenvalue weighted by Crippen LogP contribution is -2.29. The molecule has 2 aromatic rings. The molecule has 7 heteroatoms. The zero-order valence-electron chi connectivity index (χ0n) is 11.4. The van der Waals surface area contributed by atoms with Crippen molar-refractivity contribution in [1.82, 2.24) is 4.98 Å². The molecule has 0 amide bonds. The molecule has 0 aliphatic rings. The van der Waals surface area contributed by atoms with E-state index in [1.54, 1.807) is 24.3 Å². The number of nitro groups is 1. The van der Waals surface area contributed by atoms with Crippen LogP contribution in [-0.4, -0.2) is 27.0 Å². The Kier molecular flexibility index (Phi) is 4.32. The number of nitrogens with one attached hydrogen (secondary N) is 1. The lowest BCUT2D eigenvalue weighted by molar-refractivity contribution is -0.384. The number of nitrogens with zero attached hydrogens (tertiary/aromatic N) is 2. The maximum Gasteiger partial charge on any atom is 0.326 e. The smallest absolute Gasteiger partial charge is 0.326 e. The van der Waals surface area contributed by atoms with Crippen molar-refractivity contribution in [2.75, 3.05) is 5.32 Å². The Balaban J connectivity index is 2.47. The molecule has 21 heavy (non-hydrogen) atoms. The van der Waals surface area contributed by atoms with Crippen molar-refractivity contribution >= 4 is 28.4 Å². The number of hydrogen-bond acceptors (Lipinski definition) is 5. The number of aromatic nitrogens is 1. The average Bonchev–Trinajstić information content (AvgIpc) is 2.45. The molecule has 0 saturated heterocycles. The first kappa shape index (κ1) is 14.7. The number of fused-ring (bicyclic) bond motifs is 1. The lowest BCUT2D eigenvalue weighted by Gasteiger charge is -2.14. The van der Waals surface area contributed by atoms with Crippen LogP contribution in [0, 0.1) is 10.1 Å². The summed E-state index contributed by atoms with van der Waals surface area (Å²) in [5.41, 5.74) is 0.349. The summed E-state index contributed by atoms with van der Waals surface area (Å²) in [6, 6.07) is 7.47. The first-order valence-corrected chi connectivity index (χ1v) is 6.56. The van der Waals surface area contributed by atoms with E-state index in [1.165, 1.54) is 6.07 Å². The fourth-order valence-electron chi connectivity index (χ4n) is 2.06. The van der Waals surface area contributed by atoms with Crippen LogP contribution in [0.4, 0.5) is 11.5 Å². The van der Waals surface area contributed by atoms with Gasteiger partial charge in [-0.3, -0.25) is 10.1 Å². The van der Waals surface area contributed by atoms with E-state index in [1.807, 2.05) is 6.92 Å². The van der Waals surface area contributed by atoms with Crippen molar-refractivity contribution in [1.29, 1.82) is 0 Å². The van der Waals surface area contributed by atoms with Gasteiger partial charge in [-0.05, 0) is 12.5 Å². The molecule has 0 fully saturated rings. The highest BCUT2D eigenvalue weighted by atomic mass is 16.6. The average molecular weight is 289 g/mol. The number of aliphatic carboxylic acids is 1. The Labute approximate surface area is 120 Å². The Hall–Kier alpha value is -2.70. The van der Waals surface area contributed by atoms with E-state index in [4.69, 9.17) is 5.11 Å². The Morgan fingerprint density at radius 3 is 2.81 bits per heavy atom. The quantitative estimate of drug-likeness (QED) is 0.625. The molecule has 0 saturated carbocycles. The third kappa shape index (κ3) is 3.25. The van der Waals surface area contributed by atoms with Gasteiger partial charge in [-0.15, -0.1) is 0 Å². The summed E-state index contributed by atoms with van der Waals surface area (Å²) in [4.78, 5) is 26.0. The highest BCUT2D eigenvalue weighted by Crippen LogP contribution is 2.27. The zero-order valence-corrected chi connectivity index (χ0v) is 11.4. The normalized spacial score (nSPS) is 12.0. The predicted molar refractivity (Wildman–Crippen MR) is 78.4 cm³/mol. The molecular weight excluding hydrogens is 274 g/mol. The SMILES string of the molecule is CCCC(Nc1nc2ccccc2cc1[N+](=O)[O-])C(=O)O. The molecule has 0 spiro atoms. The number of carbonyl (C=O) groups is 1. The fraction of sp³-hybridized carbons (Fsp3) is 0.286. The molecule has 0 aliphatic heterocycles. The minimum atomic E-state index is -1.05. The number of rotatable bonds is 6. The summed E-state index contributed by atoms with van der Waals surface area (Å²) in [7, 11) is 0. The van der Waals surface area contributed by atoms with Crippen LogP contribution in [0.5, 0.6) is 0 Å². The summed E-state index contributed by atoms with van der Waals surface area (Å²) in [6.45, 7) is 1.85. The van der Waals surface area contributed by atoms with Gasteiger partial charge in [0.1, 0.15) is 6.04 Å². The van der Waals surface area contributed by atoms with Gasteiger partial charge in [-0.2, -0.15) is 0 Å². The summed E-state index contributed by atoms with van der Waals surface area (Å²) in [5, 5.41) is 23.6. The van der Waals surface area contributed by atoms with Gasteiger partial charge in [-0.25, -0.2) is 9.78 Å². The number of pyridine rings is 1. The van der Waals surface area contributed by atoms with Gasteiger partial charge in [0.15, 0.2) is 0 Å². The van der Waals surface area contributed by atoms with E-state index in [0.29, 0.717) is 23.7 Å². The minimum absolute atomic E-state index is 0.0143. The van der Waals surface area contributed by atoms with Crippen LogP contribution in [-0.2, 0) is 4.79 Å². The highest BCUT2D eigenvalue weighted by Gasteiger charge is 2.23. The van der Waals surface area contributed by atoms with Gasteiger partial charge in [0.05, 0.1) is 10.4 Å². The molecule has 110 valence electrons. The van der Waals surface area contributed by atoms with E-state index in [9.17, 15) is 14.9 Å². The van der Waals surface area contributed by atoms with Crippen molar-refractivity contribution in [3.63, 3.8) is 0 Å². The molecule has 1 aromatic heterocycles. The number of para-hydroxylation sites is 1. The van der Waals surface area contributed by atoms with E-state index in [-0.39, 0.29) is 11.5 Å². The topological polar surface area (TPSA) is 105 Å². The molecule has 1 atom stereocenters. The molecule has 0 bridgehead atoms. The third-order valence-corrected chi connectivity index (χ3v) is 3.09. The number of carboxylic acids is 1. The van der Waals surface area contributed by atoms with Crippen LogP contribution in [0.3, 0.4) is 0 Å².